The second-order valence-electron chi connectivity index (χ2n) is 6.87. The van der Waals surface area contributed by atoms with Gasteiger partial charge in [0.1, 0.15) is 0 Å². The highest BCUT2D eigenvalue weighted by Crippen LogP contribution is 2.65. The summed E-state index contributed by atoms with van der Waals surface area (Å²) in [5.74, 6) is 0.789. The fourth-order valence-electron chi connectivity index (χ4n) is 4.17. The van der Waals surface area contributed by atoms with Gasteiger partial charge in [0, 0.05) is 24.0 Å². The molecule has 1 N–H and O–H groups in total. The van der Waals surface area contributed by atoms with Gasteiger partial charge in [-0.1, -0.05) is 20.8 Å². The topological polar surface area (TPSA) is 42.0 Å². The molecule has 3 unspecified atom stereocenters. The van der Waals surface area contributed by atoms with Crippen LogP contribution in [0.1, 0.15) is 50.4 Å². The molecule has 3 nitrogen and oxygen atoms in total. The predicted octanol–water partition coefficient (Wildman–Crippen LogP) is 3.03. The molecule has 2 fully saturated rings. The number of nitrogens with one attached hydrogen (secondary N) is 1. The maximum atomic E-state index is 12.3. The number of rotatable bonds is 2. The molecule has 2 bridgehead atoms. The van der Waals surface area contributed by atoms with Crippen LogP contribution >= 0.6 is 0 Å². The number of nitrogens with zero attached hydrogens (tertiary/aromatic N) is 1. The molecule has 0 aromatic carbocycles. The Morgan fingerprint density at radius 1 is 1.32 bits per heavy atom. The molecule has 3 atom stereocenters. The highest BCUT2D eigenvalue weighted by molar-refractivity contribution is 5.94. The van der Waals surface area contributed by atoms with Gasteiger partial charge in [-0.25, -0.2) is 0 Å². The zero-order chi connectivity index (χ0) is 13.7. The summed E-state index contributed by atoms with van der Waals surface area (Å²) in [6.45, 7) is 7.07. The Labute approximate surface area is 114 Å². The molecule has 0 saturated heterocycles. The van der Waals surface area contributed by atoms with Crippen LogP contribution in [0.5, 0.6) is 0 Å². The molecule has 1 heterocycles. The highest BCUT2D eigenvalue weighted by atomic mass is 16.1. The zero-order valence-electron chi connectivity index (χ0n) is 11.9. The van der Waals surface area contributed by atoms with E-state index in [0.29, 0.717) is 17.0 Å². The van der Waals surface area contributed by atoms with Crippen molar-refractivity contribution in [2.24, 2.45) is 16.7 Å². The van der Waals surface area contributed by atoms with Crippen LogP contribution in [0.3, 0.4) is 0 Å². The molecular formula is C16H22N2O. The Morgan fingerprint density at radius 3 is 2.53 bits per heavy atom. The first-order chi connectivity index (χ1) is 8.95. The van der Waals surface area contributed by atoms with Crippen molar-refractivity contribution in [3.63, 3.8) is 0 Å². The lowest BCUT2D eigenvalue weighted by Crippen LogP contribution is -2.46. The summed E-state index contributed by atoms with van der Waals surface area (Å²) in [4.78, 5) is 16.2. The number of carbonyl (C=O) groups excluding carboxylic acids is 1. The summed E-state index contributed by atoms with van der Waals surface area (Å²) < 4.78 is 0. The van der Waals surface area contributed by atoms with Crippen LogP contribution in [-0.2, 0) is 0 Å². The lowest BCUT2D eigenvalue weighted by atomic mass is 9.69. The summed E-state index contributed by atoms with van der Waals surface area (Å²) >= 11 is 0. The molecule has 0 aliphatic heterocycles. The summed E-state index contributed by atoms with van der Waals surface area (Å²) in [5.41, 5.74) is 1.28. The normalized spacial score (nSPS) is 35.3. The monoisotopic (exact) mass is 258 g/mol. The molecule has 19 heavy (non-hydrogen) atoms. The Hall–Kier alpha value is -1.38. The summed E-state index contributed by atoms with van der Waals surface area (Å²) in [6, 6.07) is 3.85. The van der Waals surface area contributed by atoms with E-state index in [1.807, 2.05) is 0 Å². The molecule has 0 spiro atoms. The standard InChI is InChI=1S/C16H22N2O/c1-15(2)12-4-7-16(15,3)13(10-12)18-14(19)11-5-8-17-9-6-11/h5-6,8-9,12-13H,4,7,10H2,1-3H3,(H,18,19). The van der Waals surface area contributed by atoms with Gasteiger partial charge in [0.2, 0.25) is 0 Å². The second kappa shape index (κ2) is 4.06. The van der Waals surface area contributed by atoms with E-state index < -0.39 is 0 Å². The van der Waals surface area contributed by atoms with Crippen LogP contribution in [0, 0.1) is 16.7 Å². The minimum Gasteiger partial charge on any atom is -0.349 e. The molecule has 2 saturated carbocycles. The summed E-state index contributed by atoms with van der Waals surface area (Å²) in [6.07, 6.45) is 7.00. The predicted molar refractivity (Wildman–Crippen MR) is 74.7 cm³/mol. The van der Waals surface area contributed by atoms with Gasteiger partial charge < -0.3 is 5.32 Å². The van der Waals surface area contributed by atoms with Gasteiger partial charge in [-0.2, -0.15) is 0 Å². The third kappa shape index (κ3) is 1.71. The maximum absolute atomic E-state index is 12.3. The van der Waals surface area contributed by atoms with E-state index >= 15 is 0 Å². The summed E-state index contributed by atoms with van der Waals surface area (Å²) in [5, 5.41) is 3.26. The number of amides is 1. The molecule has 3 rings (SSSR count). The van der Waals surface area contributed by atoms with E-state index in [0.717, 1.165) is 12.3 Å². The van der Waals surface area contributed by atoms with Crippen LogP contribution in [0.15, 0.2) is 24.5 Å². The van der Waals surface area contributed by atoms with Gasteiger partial charge in [0.05, 0.1) is 0 Å². The molecule has 2 aliphatic rings. The highest BCUT2D eigenvalue weighted by Gasteiger charge is 2.61. The number of hydrogen-bond donors (Lipinski definition) is 1. The van der Waals surface area contributed by atoms with Crippen LogP contribution in [0.4, 0.5) is 0 Å². The van der Waals surface area contributed by atoms with Crippen molar-refractivity contribution in [3.8, 4) is 0 Å². The van der Waals surface area contributed by atoms with Crippen LogP contribution in [0.25, 0.3) is 0 Å². The Balaban J connectivity index is 1.78. The molecule has 1 aromatic heterocycles. The van der Waals surface area contributed by atoms with Gasteiger partial charge >= 0.3 is 0 Å². The van der Waals surface area contributed by atoms with Crippen LogP contribution < -0.4 is 5.32 Å². The van der Waals surface area contributed by atoms with Crippen molar-refractivity contribution < 1.29 is 4.79 Å². The molecule has 0 radical (unpaired) electrons. The largest absolute Gasteiger partial charge is 0.349 e. The minimum absolute atomic E-state index is 0.0389. The SMILES string of the molecule is CC1(C)C2CCC1(C)C(NC(=O)c1ccncc1)C2. The number of aromatic nitrogens is 1. The average molecular weight is 258 g/mol. The third-order valence-electron chi connectivity index (χ3n) is 6.04. The number of hydrogen-bond acceptors (Lipinski definition) is 2. The second-order valence-corrected chi connectivity index (χ2v) is 6.87. The van der Waals surface area contributed by atoms with Gasteiger partial charge in [0.25, 0.3) is 5.91 Å². The van der Waals surface area contributed by atoms with Gasteiger partial charge in [-0.05, 0) is 48.1 Å². The first-order valence-corrected chi connectivity index (χ1v) is 7.16. The van der Waals surface area contributed by atoms with Crippen molar-refractivity contribution in [2.75, 3.05) is 0 Å². The van der Waals surface area contributed by atoms with Crippen LogP contribution in [0.2, 0.25) is 0 Å². The quantitative estimate of drug-likeness (QED) is 0.886. The van der Waals surface area contributed by atoms with E-state index in [9.17, 15) is 4.79 Å². The summed E-state index contributed by atoms with van der Waals surface area (Å²) in [7, 11) is 0. The molecule has 102 valence electrons. The molecular weight excluding hydrogens is 236 g/mol. The first kappa shape index (κ1) is 12.6. The van der Waals surface area contributed by atoms with Crippen molar-refractivity contribution >= 4 is 5.91 Å². The third-order valence-corrected chi connectivity index (χ3v) is 6.04. The van der Waals surface area contributed by atoms with Gasteiger partial charge in [0.15, 0.2) is 0 Å². The van der Waals surface area contributed by atoms with E-state index in [2.05, 4.69) is 31.1 Å². The van der Waals surface area contributed by atoms with E-state index in [4.69, 9.17) is 0 Å². The fraction of sp³-hybridized carbons (Fsp3) is 0.625. The lowest BCUT2D eigenvalue weighted by molar-refractivity contribution is 0.0826. The fourth-order valence-corrected chi connectivity index (χ4v) is 4.17. The zero-order valence-corrected chi connectivity index (χ0v) is 11.9. The van der Waals surface area contributed by atoms with E-state index in [1.165, 1.54) is 12.8 Å². The maximum Gasteiger partial charge on any atom is 0.251 e. The molecule has 1 aromatic rings. The lowest BCUT2D eigenvalue weighted by Gasteiger charge is -2.39. The number of carbonyl (C=O) groups is 1. The molecule has 2 aliphatic carbocycles. The number of pyridine rings is 1. The Kier molecular flexibility index (Phi) is 2.70. The van der Waals surface area contributed by atoms with Gasteiger partial charge in [-0.3, -0.25) is 9.78 Å². The van der Waals surface area contributed by atoms with Crippen molar-refractivity contribution in [1.29, 1.82) is 0 Å². The van der Waals surface area contributed by atoms with Crippen molar-refractivity contribution in [2.45, 2.75) is 46.1 Å². The van der Waals surface area contributed by atoms with Crippen molar-refractivity contribution in [1.82, 2.24) is 10.3 Å². The number of fused-ring (bicyclic) bond motifs is 2. The van der Waals surface area contributed by atoms with E-state index in [-0.39, 0.29) is 11.3 Å². The van der Waals surface area contributed by atoms with Crippen molar-refractivity contribution in [3.05, 3.63) is 30.1 Å². The molecule has 1 amide bonds. The van der Waals surface area contributed by atoms with Gasteiger partial charge in [-0.15, -0.1) is 0 Å². The first-order valence-electron chi connectivity index (χ1n) is 7.16. The average Bonchev–Trinajstić information content (AvgIpc) is 2.73. The minimum atomic E-state index is 0.0389. The van der Waals surface area contributed by atoms with E-state index in [1.54, 1.807) is 24.5 Å². The van der Waals surface area contributed by atoms with Crippen LogP contribution in [-0.4, -0.2) is 16.9 Å². The smallest absolute Gasteiger partial charge is 0.251 e. The molecule has 3 heteroatoms. The Morgan fingerprint density at radius 2 is 2.00 bits per heavy atom. The Bertz CT molecular complexity index is 497.